The SMILES string of the molecule is CC(=O)c1cn(CC(=O)N2[C@H](C(=O)Nc3nc(C(F)(F)F)ccc3C)C[C@@]3(C)C[C@@H]23)c2c(C)cc(-c3cnc4cc(C)nn4c3)cc12. The highest BCUT2D eigenvalue weighted by Crippen LogP contribution is 2.59. The maximum absolute atomic E-state index is 14.0. The molecule has 5 aromatic rings. The molecule has 47 heavy (non-hydrogen) atoms. The Balaban J connectivity index is 1.19. The number of halogens is 3. The van der Waals surface area contributed by atoms with Crippen LogP contribution in [0.15, 0.2) is 48.9 Å². The number of fused-ring (bicyclic) bond motifs is 3. The van der Waals surface area contributed by atoms with E-state index in [1.807, 2.05) is 45.2 Å². The van der Waals surface area contributed by atoms with E-state index in [2.05, 4.69) is 20.4 Å². The summed E-state index contributed by atoms with van der Waals surface area (Å²) in [5.41, 5.74) is 4.24. The van der Waals surface area contributed by atoms with E-state index < -0.39 is 23.8 Å². The summed E-state index contributed by atoms with van der Waals surface area (Å²) in [6.07, 6.45) is 1.75. The number of nitrogens with zero attached hydrogens (tertiary/aromatic N) is 6. The Labute approximate surface area is 267 Å². The lowest BCUT2D eigenvalue weighted by molar-refractivity contribution is -0.141. The molecule has 7 rings (SSSR count). The van der Waals surface area contributed by atoms with Gasteiger partial charge in [0, 0.05) is 47.2 Å². The van der Waals surface area contributed by atoms with Crippen LogP contribution in [0, 0.1) is 26.2 Å². The fraction of sp³-hybridized carbons (Fsp3) is 0.353. The van der Waals surface area contributed by atoms with Crippen molar-refractivity contribution in [3.8, 4) is 11.1 Å². The van der Waals surface area contributed by atoms with Crippen LogP contribution in [0.2, 0.25) is 0 Å². The van der Waals surface area contributed by atoms with E-state index in [0.29, 0.717) is 22.9 Å². The van der Waals surface area contributed by atoms with E-state index in [1.54, 1.807) is 33.3 Å². The summed E-state index contributed by atoms with van der Waals surface area (Å²) in [6, 6.07) is 6.84. The fourth-order valence-corrected chi connectivity index (χ4v) is 6.97. The average molecular weight is 644 g/mol. The number of benzene rings is 1. The van der Waals surface area contributed by atoms with Crippen molar-refractivity contribution in [2.75, 3.05) is 5.32 Å². The minimum absolute atomic E-state index is 0.124. The quantitative estimate of drug-likeness (QED) is 0.230. The third-order valence-corrected chi connectivity index (χ3v) is 9.47. The standard InChI is InChI=1S/C34H32F3N7O3/c1-17-6-7-26(34(35,36)37)39-31(17)40-32(47)25-11-33(5)12-27(33)44(25)29(46)16-42-15-24(20(4)45)23-10-21(8-18(2)30(23)42)22-13-38-28-9-19(3)41-43(28)14-22/h6-10,13-15,25,27H,11-12,16H2,1-5H3,(H,39,40,47)/t25-,27+,33-/m0/s1. The van der Waals surface area contributed by atoms with Crippen molar-refractivity contribution in [3.63, 3.8) is 0 Å². The van der Waals surface area contributed by atoms with Crippen molar-refractivity contribution >= 4 is 40.0 Å². The number of alkyl halides is 3. The first-order valence-electron chi connectivity index (χ1n) is 15.3. The van der Waals surface area contributed by atoms with Gasteiger partial charge in [-0.15, -0.1) is 0 Å². The molecule has 1 aromatic carbocycles. The van der Waals surface area contributed by atoms with Crippen LogP contribution >= 0.6 is 0 Å². The summed E-state index contributed by atoms with van der Waals surface area (Å²) in [5.74, 6) is -1.24. The summed E-state index contributed by atoms with van der Waals surface area (Å²) in [6.45, 7) is 8.71. The number of pyridine rings is 1. The van der Waals surface area contributed by atoms with E-state index in [1.165, 1.54) is 13.0 Å². The Bertz CT molecular complexity index is 2150. The lowest BCUT2D eigenvalue weighted by Gasteiger charge is -2.27. The molecule has 2 amide bonds. The van der Waals surface area contributed by atoms with Crippen LogP contribution in [0.25, 0.3) is 27.7 Å². The first kappa shape index (κ1) is 30.6. The first-order valence-corrected chi connectivity index (χ1v) is 15.3. The van der Waals surface area contributed by atoms with Crippen molar-refractivity contribution in [2.45, 2.75) is 72.3 Å². The maximum Gasteiger partial charge on any atom is 0.433 e. The molecule has 242 valence electrons. The lowest BCUT2D eigenvalue weighted by Crippen LogP contribution is -2.46. The Morgan fingerprint density at radius 2 is 1.79 bits per heavy atom. The zero-order valence-corrected chi connectivity index (χ0v) is 26.4. The molecule has 1 N–H and O–H groups in total. The molecule has 1 saturated heterocycles. The molecule has 10 nitrogen and oxygen atoms in total. The van der Waals surface area contributed by atoms with Gasteiger partial charge in [0.05, 0.1) is 11.2 Å². The van der Waals surface area contributed by atoms with Crippen LogP contribution in [0.4, 0.5) is 19.0 Å². The number of rotatable bonds is 6. The molecule has 5 heterocycles. The monoisotopic (exact) mass is 643 g/mol. The normalized spacial score (nSPS) is 20.6. The van der Waals surface area contributed by atoms with Crippen LogP contribution in [-0.2, 0) is 22.3 Å². The predicted octanol–water partition coefficient (Wildman–Crippen LogP) is 5.91. The molecule has 4 aromatic heterocycles. The number of aromatic nitrogens is 5. The maximum atomic E-state index is 14.0. The molecule has 0 radical (unpaired) electrons. The van der Waals surface area contributed by atoms with Gasteiger partial charge in [-0.2, -0.15) is 18.3 Å². The van der Waals surface area contributed by atoms with E-state index in [-0.39, 0.29) is 35.5 Å². The van der Waals surface area contributed by atoms with Crippen LogP contribution in [-0.4, -0.2) is 58.7 Å². The van der Waals surface area contributed by atoms with E-state index in [4.69, 9.17) is 0 Å². The second kappa shape index (κ2) is 10.5. The highest BCUT2D eigenvalue weighted by Gasteiger charge is 2.64. The van der Waals surface area contributed by atoms with Crippen molar-refractivity contribution in [1.29, 1.82) is 0 Å². The zero-order valence-electron chi connectivity index (χ0n) is 26.4. The van der Waals surface area contributed by atoms with Gasteiger partial charge in [-0.3, -0.25) is 14.4 Å². The minimum atomic E-state index is -4.67. The molecule has 1 aliphatic carbocycles. The Morgan fingerprint density at radius 1 is 1.02 bits per heavy atom. The lowest BCUT2D eigenvalue weighted by atomic mass is 10.0. The molecular weight excluding hydrogens is 611 g/mol. The van der Waals surface area contributed by atoms with E-state index >= 15 is 0 Å². The zero-order chi connectivity index (χ0) is 33.6. The molecule has 0 unspecified atom stereocenters. The molecule has 1 aliphatic heterocycles. The Kier molecular flexibility index (Phi) is 6.81. The summed E-state index contributed by atoms with van der Waals surface area (Å²) >= 11 is 0. The van der Waals surface area contributed by atoms with Gasteiger partial charge in [-0.1, -0.05) is 13.0 Å². The van der Waals surface area contributed by atoms with E-state index in [9.17, 15) is 27.6 Å². The van der Waals surface area contributed by atoms with Gasteiger partial charge in [0.25, 0.3) is 0 Å². The van der Waals surface area contributed by atoms with Gasteiger partial charge < -0.3 is 14.8 Å². The fourth-order valence-electron chi connectivity index (χ4n) is 6.97. The third-order valence-electron chi connectivity index (χ3n) is 9.47. The number of aryl methyl sites for hydroxylation is 3. The predicted molar refractivity (Wildman–Crippen MR) is 168 cm³/mol. The number of nitrogens with one attached hydrogen (secondary N) is 1. The van der Waals surface area contributed by atoms with Crippen molar-refractivity contribution < 1.29 is 27.6 Å². The number of Topliss-reactive ketones (excluding diaryl/α,β-unsaturated/α-hetero) is 1. The van der Waals surface area contributed by atoms with Crippen LogP contribution in [0.1, 0.15) is 59.6 Å². The second-order valence-corrected chi connectivity index (χ2v) is 13.1. The number of likely N-dealkylation sites (tertiary alicyclic amines) is 1. The summed E-state index contributed by atoms with van der Waals surface area (Å²) < 4.78 is 43.4. The van der Waals surface area contributed by atoms with Crippen LogP contribution in [0.3, 0.4) is 0 Å². The van der Waals surface area contributed by atoms with Crippen molar-refractivity contribution in [1.82, 2.24) is 29.0 Å². The summed E-state index contributed by atoms with van der Waals surface area (Å²) in [4.78, 5) is 50.1. The largest absolute Gasteiger partial charge is 0.433 e. The molecule has 0 spiro atoms. The van der Waals surface area contributed by atoms with Gasteiger partial charge in [0.15, 0.2) is 11.4 Å². The summed E-state index contributed by atoms with van der Waals surface area (Å²) in [5, 5.41) is 7.70. The number of hydrogen-bond donors (Lipinski definition) is 1. The van der Waals surface area contributed by atoms with Gasteiger partial charge in [-0.25, -0.2) is 14.5 Å². The van der Waals surface area contributed by atoms with Crippen molar-refractivity contribution in [2.24, 2.45) is 5.41 Å². The van der Waals surface area contributed by atoms with Crippen molar-refractivity contribution in [3.05, 3.63) is 77.0 Å². The molecule has 2 fully saturated rings. The Morgan fingerprint density at radius 3 is 2.51 bits per heavy atom. The minimum Gasteiger partial charge on any atom is -0.337 e. The Hall–Kier alpha value is -5.07. The van der Waals surface area contributed by atoms with Gasteiger partial charge in [-0.05, 0) is 80.8 Å². The molecule has 0 bridgehead atoms. The van der Waals surface area contributed by atoms with Gasteiger partial charge >= 0.3 is 6.18 Å². The van der Waals surface area contributed by atoms with E-state index in [0.717, 1.165) is 46.0 Å². The number of amides is 2. The topological polar surface area (TPSA) is 114 Å². The number of carbonyl (C=O) groups excluding carboxylic acids is 3. The number of anilines is 1. The molecule has 13 heteroatoms. The second-order valence-electron chi connectivity index (χ2n) is 13.1. The molecule has 2 aliphatic rings. The number of piperidine rings is 1. The number of hydrogen-bond acceptors (Lipinski definition) is 6. The third kappa shape index (κ3) is 5.23. The highest BCUT2D eigenvalue weighted by atomic mass is 19.4. The van der Waals surface area contributed by atoms with Crippen LogP contribution < -0.4 is 5.32 Å². The molecule has 1 saturated carbocycles. The highest BCUT2D eigenvalue weighted by molar-refractivity contribution is 6.09. The smallest absolute Gasteiger partial charge is 0.337 e. The average Bonchev–Trinajstić information content (AvgIpc) is 3.26. The molecule has 3 atom stereocenters. The van der Waals surface area contributed by atoms with Gasteiger partial charge in [0.2, 0.25) is 11.8 Å². The molecular formula is C34H32F3N7O3. The number of ketones is 1. The first-order chi connectivity index (χ1) is 22.1. The summed E-state index contributed by atoms with van der Waals surface area (Å²) in [7, 11) is 0. The number of carbonyl (C=O) groups is 3. The van der Waals surface area contributed by atoms with Gasteiger partial charge in [0.1, 0.15) is 24.1 Å². The van der Waals surface area contributed by atoms with Crippen LogP contribution in [0.5, 0.6) is 0 Å².